The number of hydrogen-bond acceptors (Lipinski definition) is 3. The van der Waals surface area contributed by atoms with Crippen molar-refractivity contribution in [1.82, 2.24) is 9.88 Å². The number of anilines is 1. The first-order valence-electron chi connectivity index (χ1n) is 8.66. The van der Waals surface area contributed by atoms with Crippen LogP contribution in [0, 0.1) is 5.92 Å². The molecule has 1 atom stereocenters. The van der Waals surface area contributed by atoms with Gasteiger partial charge in [0.2, 0.25) is 11.8 Å². The highest BCUT2D eigenvalue weighted by atomic mass is 16.2. The number of aromatic nitrogens is 1. The summed E-state index contributed by atoms with van der Waals surface area (Å²) in [5, 5.41) is 3.87. The summed E-state index contributed by atoms with van der Waals surface area (Å²) in [6.45, 7) is 0.988. The molecule has 0 radical (unpaired) electrons. The standard InChI is InChI=1S/C21H19N3O2/c25-20-11-17(14-24(20)13-15-6-2-1-3-7-15)21(26)23-18-10-16-8-4-5-9-19(16)22-12-18/h1-10,12,17H,11,13-14H2,(H,23,26)/t17-/m1/s1. The number of hydrogen-bond donors (Lipinski definition) is 1. The van der Waals surface area contributed by atoms with E-state index in [1.54, 1.807) is 11.1 Å². The van der Waals surface area contributed by atoms with Gasteiger partial charge in [0, 0.05) is 24.9 Å². The van der Waals surface area contributed by atoms with Gasteiger partial charge in [-0.2, -0.15) is 0 Å². The Morgan fingerprint density at radius 1 is 1.12 bits per heavy atom. The second-order valence-electron chi connectivity index (χ2n) is 6.57. The van der Waals surface area contributed by atoms with Crippen molar-refractivity contribution >= 4 is 28.4 Å². The Labute approximate surface area is 151 Å². The van der Waals surface area contributed by atoms with E-state index in [0.717, 1.165) is 16.5 Å². The van der Waals surface area contributed by atoms with Crippen LogP contribution in [0.4, 0.5) is 5.69 Å². The molecule has 4 rings (SSSR count). The van der Waals surface area contributed by atoms with E-state index in [-0.39, 0.29) is 24.2 Å². The van der Waals surface area contributed by atoms with E-state index in [9.17, 15) is 9.59 Å². The monoisotopic (exact) mass is 345 g/mol. The number of fused-ring (bicyclic) bond motifs is 1. The molecule has 1 N–H and O–H groups in total. The SMILES string of the molecule is O=C(Nc1cnc2ccccc2c1)[C@@H]1CC(=O)N(Cc2ccccc2)C1. The van der Waals surface area contributed by atoms with Crippen molar-refractivity contribution in [3.05, 3.63) is 72.4 Å². The summed E-state index contributed by atoms with van der Waals surface area (Å²) < 4.78 is 0. The molecule has 0 unspecified atom stereocenters. The molecular weight excluding hydrogens is 326 g/mol. The zero-order valence-electron chi connectivity index (χ0n) is 14.3. The number of carbonyl (C=O) groups is 2. The molecule has 2 amide bonds. The van der Waals surface area contributed by atoms with Crippen LogP contribution in [0.5, 0.6) is 0 Å². The van der Waals surface area contributed by atoms with E-state index in [2.05, 4.69) is 10.3 Å². The van der Waals surface area contributed by atoms with Gasteiger partial charge in [0.25, 0.3) is 0 Å². The van der Waals surface area contributed by atoms with Gasteiger partial charge in [0.15, 0.2) is 0 Å². The lowest BCUT2D eigenvalue weighted by molar-refractivity contribution is -0.128. The van der Waals surface area contributed by atoms with Gasteiger partial charge in [-0.15, -0.1) is 0 Å². The van der Waals surface area contributed by atoms with Crippen LogP contribution in [0.25, 0.3) is 10.9 Å². The number of rotatable bonds is 4. The molecule has 130 valence electrons. The first-order chi connectivity index (χ1) is 12.7. The fourth-order valence-corrected chi connectivity index (χ4v) is 3.29. The minimum Gasteiger partial charge on any atom is -0.338 e. The van der Waals surface area contributed by atoms with Gasteiger partial charge in [-0.1, -0.05) is 48.5 Å². The minimum atomic E-state index is -0.335. The normalized spacial score (nSPS) is 16.8. The van der Waals surface area contributed by atoms with Crippen molar-refractivity contribution in [2.75, 3.05) is 11.9 Å². The highest BCUT2D eigenvalue weighted by molar-refractivity contribution is 5.98. The molecule has 0 bridgehead atoms. The maximum Gasteiger partial charge on any atom is 0.229 e. The molecule has 3 aromatic rings. The molecule has 2 aromatic carbocycles. The Balaban J connectivity index is 1.42. The van der Waals surface area contributed by atoms with Gasteiger partial charge >= 0.3 is 0 Å². The van der Waals surface area contributed by atoms with Gasteiger partial charge < -0.3 is 10.2 Å². The fourth-order valence-electron chi connectivity index (χ4n) is 3.29. The van der Waals surface area contributed by atoms with E-state index < -0.39 is 0 Å². The third-order valence-corrected chi connectivity index (χ3v) is 4.66. The predicted octanol–water partition coefficient (Wildman–Crippen LogP) is 3.22. The molecule has 1 aliphatic rings. The first kappa shape index (κ1) is 16.3. The summed E-state index contributed by atoms with van der Waals surface area (Å²) in [6.07, 6.45) is 1.90. The van der Waals surface area contributed by atoms with Gasteiger partial charge in [0.1, 0.15) is 0 Å². The van der Waals surface area contributed by atoms with Crippen molar-refractivity contribution in [1.29, 1.82) is 0 Å². The van der Waals surface area contributed by atoms with Crippen LogP contribution in [0.15, 0.2) is 66.9 Å². The molecule has 2 heterocycles. The van der Waals surface area contributed by atoms with Gasteiger partial charge in [-0.25, -0.2) is 0 Å². The molecule has 1 fully saturated rings. The highest BCUT2D eigenvalue weighted by Gasteiger charge is 2.34. The number of amides is 2. The van der Waals surface area contributed by atoms with Crippen molar-refractivity contribution in [2.24, 2.45) is 5.92 Å². The van der Waals surface area contributed by atoms with Crippen LogP contribution in [-0.4, -0.2) is 28.2 Å². The largest absolute Gasteiger partial charge is 0.338 e. The molecule has 0 saturated carbocycles. The number of likely N-dealkylation sites (tertiary alicyclic amines) is 1. The van der Waals surface area contributed by atoms with Crippen molar-refractivity contribution in [3.63, 3.8) is 0 Å². The molecule has 0 aliphatic carbocycles. The van der Waals surface area contributed by atoms with E-state index >= 15 is 0 Å². The maximum atomic E-state index is 12.6. The zero-order valence-corrected chi connectivity index (χ0v) is 14.3. The van der Waals surface area contributed by atoms with Crippen LogP contribution in [0.3, 0.4) is 0 Å². The summed E-state index contributed by atoms with van der Waals surface area (Å²) in [7, 11) is 0. The van der Waals surface area contributed by atoms with E-state index in [1.807, 2.05) is 60.7 Å². The van der Waals surface area contributed by atoms with Gasteiger partial charge in [-0.05, 0) is 17.7 Å². The lowest BCUT2D eigenvalue weighted by Crippen LogP contribution is -2.28. The zero-order chi connectivity index (χ0) is 17.9. The Bertz CT molecular complexity index is 956. The Morgan fingerprint density at radius 3 is 2.73 bits per heavy atom. The highest BCUT2D eigenvalue weighted by Crippen LogP contribution is 2.23. The molecule has 5 nitrogen and oxygen atoms in total. The van der Waals surface area contributed by atoms with Gasteiger partial charge in [0.05, 0.1) is 23.3 Å². The quantitative estimate of drug-likeness (QED) is 0.790. The number of nitrogens with one attached hydrogen (secondary N) is 1. The summed E-state index contributed by atoms with van der Waals surface area (Å²) in [4.78, 5) is 30.9. The first-order valence-corrected chi connectivity index (χ1v) is 8.66. The number of pyridine rings is 1. The predicted molar refractivity (Wildman–Crippen MR) is 100 cm³/mol. The molecule has 1 aromatic heterocycles. The van der Waals surface area contributed by atoms with Crippen LogP contribution < -0.4 is 5.32 Å². The third-order valence-electron chi connectivity index (χ3n) is 4.66. The topological polar surface area (TPSA) is 62.3 Å². The average Bonchev–Trinajstić information content (AvgIpc) is 3.03. The van der Waals surface area contributed by atoms with Crippen LogP contribution in [0.2, 0.25) is 0 Å². The Morgan fingerprint density at radius 2 is 1.88 bits per heavy atom. The van der Waals surface area contributed by atoms with Crippen molar-refractivity contribution in [2.45, 2.75) is 13.0 Å². The maximum absolute atomic E-state index is 12.6. The van der Waals surface area contributed by atoms with E-state index in [0.29, 0.717) is 18.8 Å². The van der Waals surface area contributed by atoms with Crippen LogP contribution in [0.1, 0.15) is 12.0 Å². The van der Waals surface area contributed by atoms with Crippen LogP contribution in [-0.2, 0) is 16.1 Å². The molecule has 5 heteroatoms. The second-order valence-corrected chi connectivity index (χ2v) is 6.57. The van der Waals surface area contributed by atoms with E-state index in [4.69, 9.17) is 0 Å². The molecular formula is C21H19N3O2. The average molecular weight is 345 g/mol. The fraction of sp³-hybridized carbons (Fsp3) is 0.190. The number of benzene rings is 2. The van der Waals surface area contributed by atoms with Crippen molar-refractivity contribution in [3.8, 4) is 0 Å². The van der Waals surface area contributed by atoms with Crippen molar-refractivity contribution < 1.29 is 9.59 Å². The summed E-state index contributed by atoms with van der Waals surface area (Å²) >= 11 is 0. The summed E-state index contributed by atoms with van der Waals surface area (Å²) in [5.41, 5.74) is 2.61. The van der Waals surface area contributed by atoms with E-state index in [1.165, 1.54) is 0 Å². The number of nitrogens with zero attached hydrogens (tertiary/aromatic N) is 2. The molecule has 1 aliphatic heterocycles. The summed E-state index contributed by atoms with van der Waals surface area (Å²) in [5.74, 6) is -0.450. The minimum absolute atomic E-state index is 0.0191. The number of para-hydroxylation sites is 1. The van der Waals surface area contributed by atoms with Crippen LogP contribution >= 0.6 is 0 Å². The smallest absolute Gasteiger partial charge is 0.229 e. The second kappa shape index (κ2) is 6.96. The Kier molecular flexibility index (Phi) is 4.35. The Hall–Kier alpha value is -3.21. The molecule has 0 spiro atoms. The number of carbonyl (C=O) groups excluding carboxylic acids is 2. The summed E-state index contributed by atoms with van der Waals surface area (Å²) in [6, 6.07) is 19.5. The lowest BCUT2D eigenvalue weighted by Gasteiger charge is -2.16. The van der Waals surface area contributed by atoms with Gasteiger partial charge in [-0.3, -0.25) is 14.6 Å². The molecule has 1 saturated heterocycles. The molecule has 26 heavy (non-hydrogen) atoms. The lowest BCUT2D eigenvalue weighted by atomic mass is 10.1. The third kappa shape index (κ3) is 3.42.